The van der Waals surface area contributed by atoms with Gasteiger partial charge in [-0.1, -0.05) is 56.3 Å². The van der Waals surface area contributed by atoms with E-state index < -0.39 is 44.8 Å². The van der Waals surface area contributed by atoms with E-state index >= 15 is 0 Å². The Kier molecular flexibility index (Phi) is 9.46. The standard InChI is InChI=1S/C22H35N2O7PS2/c1-21(2,3)16-30-34(28,29)13-12-20(24-33(27)22(4,5)6)32(25,26)15-18-14-19(31-23-18)17-10-8-7-9-11-17/h7-11,14,20,24H,12-13,15-16H2,1-6H3,(H,25,26). The Labute approximate surface area is 204 Å². The first-order valence-corrected chi connectivity index (χ1v) is 15.5. The largest absolute Gasteiger partial charge is 0.356 e. The van der Waals surface area contributed by atoms with Crippen molar-refractivity contribution in [3.05, 3.63) is 42.1 Å². The highest BCUT2D eigenvalue weighted by Gasteiger charge is 2.37. The number of nitrogens with one attached hydrogen (secondary N) is 1. The molecule has 3 atom stereocenters. The lowest BCUT2D eigenvalue weighted by atomic mass is 9.99. The van der Waals surface area contributed by atoms with Crippen LogP contribution in [0.4, 0.5) is 0 Å². The fourth-order valence-electron chi connectivity index (χ4n) is 2.69. The molecule has 0 saturated heterocycles. The van der Waals surface area contributed by atoms with Crippen LogP contribution in [0, 0.1) is 5.41 Å². The molecule has 1 aromatic carbocycles. The quantitative estimate of drug-likeness (QED) is 0.322. The van der Waals surface area contributed by atoms with Gasteiger partial charge >= 0.3 is 0 Å². The lowest BCUT2D eigenvalue weighted by molar-refractivity contribution is 0.203. The monoisotopic (exact) mass is 534 g/mol. The molecule has 34 heavy (non-hydrogen) atoms. The van der Waals surface area contributed by atoms with Gasteiger partial charge in [0.15, 0.2) is 5.76 Å². The SMILES string of the molecule is CC(C)(C)COS(=O)(=O)CCC(NS(=O)C(C)(C)C)P(=O)(O)Cc1cc(-c2ccccc2)on1. The molecule has 0 spiro atoms. The summed E-state index contributed by atoms with van der Waals surface area (Å²) in [4.78, 5) is 10.9. The summed E-state index contributed by atoms with van der Waals surface area (Å²) in [6.07, 6.45) is -0.628. The third-order valence-electron chi connectivity index (χ3n) is 4.60. The summed E-state index contributed by atoms with van der Waals surface area (Å²) in [5.74, 6) is -1.31. The van der Waals surface area contributed by atoms with Gasteiger partial charge in [0.1, 0.15) is 0 Å². The zero-order chi connectivity index (χ0) is 25.8. The lowest BCUT2D eigenvalue weighted by Gasteiger charge is -2.27. The fraction of sp³-hybridized carbons (Fsp3) is 0.591. The van der Waals surface area contributed by atoms with E-state index in [0.29, 0.717) is 5.76 Å². The van der Waals surface area contributed by atoms with E-state index in [0.717, 1.165) is 5.56 Å². The Morgan fingerprint density at radius 2 is 1.79 bits per heavy atom. The number of hydrogen-bond acceptors (Lipinski definition) is 7. The van der Waals surface area contributed by atoms with E-state index in [1.807, 2.05) is 51.1 Å². The van der Waals surface area contributed by atoms with Gasteiger partial charge in [-0.3, -0.25) is 8.75 Å². The van der Waals surface area contributed by atoms with Gasteiger partial charge < -0.3 is 9.42 Å². The average molecular weight is 535 g/mol. The maximum atomic E-state index is 13.4. The Balaban J connectivity index is 2.20. The van der Waals surface area contributed by atoms with Crippen molar-refractivity contribution in [3.63, 3.8) is 0 Å². The van der Waals surface area contributed by atoms with Crippen LogP contribution in [0.5, 0.6) is 0 Å². The molecule has 0 amide bonds. The first-order valence-electron chi connectivity index (χ1n) is 10.9. The molecule has 0 radical (unpaired) electrons. The van der Waals surface area contributed by atoms with Crippen LogP contribution >= 0.6 is 7.37 Å². The fourth-order valence-corrected chi connectivity index (χ4v) is 7.07. The summed E-state index contributed by atoms with van der Waals surface area (Å²) in [7, 11) is -9.77. The van der Waals surface area contributed by atoms with Crippen LogP contribution in [0.25, 0.3) is 11.3 Å². The summed E-state index contributed by atoms with van der Waals surface area (Å²) in [5.41, 5.74) is 0.637. The van der Waals surface area contributed by atoms with Gasteiger partial charge in [-0.2, -0.15) is 8.42 Å². The van der Waals surface area contributed by atoms with Crippen molar-refractivity contribution in [1.82, 2.24) is 9.88 Å². The molecule has 1 heterocycles. The number of aromatic nitrogens is 1. The zero-order valence-corrected chi connectivity index (χ0v) is 23.0. The van der Waals surface area contributed by atoms with Gasteiger partial charge in [0, 0.05) is 11.6 Å². The molecule has 0 aliphatic carbocycles. The molecule has 0 aliphatic heterocycles. The molecular formula is C22H35N2O7PS2. The van der Waals surface area contributed by atoms with Crippen LogP contribution in [0.2, 0.25) is 0 Å². The molecule has 0 fully saturated rings. The second-order valence-electron chi connectivity index (χ2n) is 10.4. The molecule has 0 bridgehead atoms. The van der Waals surface area contributed by atoms with Gasteiger partial charge in [-0.05, 0) is 32.6 Å². The molecule has 3 unspecified atom stereocenters. The van der Waals surface area contributed by atoms with Gasteiger partial charge in [0.25, 0.3) is 10.1 Å². The normalized spacial score (nSPS) is 16.7. The molecule has 12 heteroatoms. The first kappa shape index (κ1) is 28.9. The molecule has 2 rings (SSSR count). The van der Waals surface area contributed by atoms with Gasteiger partial charge in [-0.25, -0.2) is 8.93 Å². The van der Waals surface area contributed by atoms with Gasteiger partial charge in [-0.15, -0.1) is 0 Å². The van der Waals surface area contributed by atoms with Crippen LogP contribution in [0.1, 0.15) is 53.7 Å². The first-order chi connectivity index (χ1) is 15.5. The van der Waals surface area contributed by atoms with E-state index in [-0.39, 0.29) is 30.3 Å². The molecule has 192 valence electrons. The summed E-state index contributed by atoms with van der Waals surface area (Å²) in [6, 6.07) is 10.7. The molecular weight excluding hydrogens is 499 g/mol. The summed E-state index contributed by atoms with van der Waals surface area (Å²) in [6.45, 7) is 10.6. The minimum absolute atomic E-state index is 0.0145. The van der Waals surface area contributed by atoms with Crippen LogP contribution in [0.3, 0.4) is 0 Å². The van der Waals surface area contributed by atoms with Crippen molar-refractivity contribution in [2.75, 3.05) is 12.4 Å². The Morgan fingerprint density at radius 1 is 1.18 bits per heavy atom. The van der Waals surface area contributed by atoms with E-state index in [1.165, 1.54) is 0 Å². The molecule has 1 aromatic heterocycles. The van der Waals surface area contributed by atoms with E-state index in [2.05, 4.69) is 9.88 Å². The Morgan fingerprint density at radius 3 is 2.35 bits per heavy atom. The van der Waals surface area contributed by atoms with Crippen LogP contribution < -0.4 is 4.72 Å². The molecule has 0 aliphatic rings. The van der Waals surface area contributed by atoms with Crippen molar-refractivity contribution < 1.29 is 30.8 Å². The minimum atomic E-state index is -4.11. The highest BCUT2D eigenvalue weighted by Crippen LogP contribution is 2.50. The molecule has 0 saturated carbocycles. The predicted octanol–water partition coefficient (Wildman–Crippen LogP) is 4.27. The topological polar surface area (TPSA) is 136 Å². The lowest BCUT2D eigenvalue weighted by Crippen LogP contribution is -2.41. The van der Waals surface area contributed by atoms with Crippen LogP contribution in [0.15, 0.2) is 40.9 Å². The van der Waals surface area contributed by atoms with E-state index in [4.69, 9.17) is 8.71 Å². The van der Waals surface area contributed by atoms with E-state index in [1.54, 1.807) is 26.8 Å². The van der Waals surface area contributed by atoms with Gasteiger partial charge in [0.2, 0.25) is 7.37 Å². The third kappa shape index (κ3) is 9.36. The number of nitrogens with zero attached hydrogens (tertiary/aromatic N) is 1. The predicted molar refractivity (Wildman–Crippen MR) is 134 cm³/mol. The highest BCUT2D eigenvalue weighted by molar-refractivity contribution is 7.86. The van der Waals surface area contributed by atoms with Crippen molar-refractivity contribution in [3.8, 4) is 11.3 Å². The summed E-state index contributed by atoms with van der Waals surface area (Å²) in [5, 5.41) is 3.90. The smallest absolute Gasteiger partial charge is 0.267 e. The number of hydrogen-bond donors (Lipinski definition) is 2. The second kappa shape index (κ2) is 11.1. The van der Waals surface area contributed by atoms with E-state index in [9.17, 15) is 22.1 Å². The number of rotatable bonds is 11. The van der Waals surface area contributed by atoms with Crippen molar-refractivity contribution in [2.24, 2.45) is 5.41 Å². The van der Waals surface area contributed by atoms with Gasteiger partial charge in [0.05, 0.1) is 45.7 Å². The maximum absolute atomic E-state index is 13.4. The zero-order valence-electron chi connectivity index (χ0n) is 20.5. The third-order valence-corrected chi connectivity index (χ3v) is 9.74. The van der Waals surface area contributed by atoms with Crippen LogP contribution in [-0.4, -0.2) is 45.6 Å². The Hall–Kier alpha value is -1.36. The van der Waals surface area contributed by atoms with Crippen LogP contribution in [-0.2, 0) is 36.0 Å². The van der Waals surface area contributed by atoms with Crippen molar-refractivity contribution in [1.29, 1.82) is 0 Å². The summed E-state index contributed by atoms with van der Waals surface area (Å²) < 4.78 is 63.2. The maximum Gasteiger partial charge on any atom is 0.267 e. The summed E-state index contributed by atoms with van der Waals surface area (Å²) >= 11 is 0. The average Bonchev–Trinajstić information content (AvgIpc) is 3.16. The Bertz CT molecular complexity index is 1120. The molecule has 2 aromatic rings. The highest BCUT2D eigenvalue weighted by atomic mass is 32.2. The second-order valence-corrected chi connectivity index (χ2v) is 16.6. The molecule has 2 N–H and O–H groups in total. The van der Waals surface area contributed by atoms with Crippen molar-refractivity contribution in [2.45, 2.75) is 64.7 Å². The van der Waals surface area contributed by atoms with Crippen molar-refractivity contribution >= 4 is 28.5 Å². The molecule has 9 nitrogen and oxygen atoms in total. The minimum Gasteiger partial charge on any atom is -0.356 e. The number of benzene rings is 1.